The minimum Gasteiger partial charge on any atom is -0.294 e. The lowest BCUT2D eigenvalue weighted by atomic mass is 9.97. The van der Waals surface area contributed by atoms with Crippen LogP contribution in [0.4, 0.5) is 0 Å². The maximum absolute atomic E-state index is 12.3. The van der Waals surface area contributed by atoms with Gasteiger partial charge in [0, 0.05) is 12.0 Å². The molecule has 0 radical (unpaired) electrons. The predicted molar refractivity (Wildman–Crippen MR) is 82.3 cm³/mol. The molecular formula is C16H21NO3S. The standard InChI is InChI=1S/C16H21NO3S/c1-12(2)11-16(18)14-9-6-10-15(14)17-21(19,20)13-7-4-3-5-8-13/h3-5,7-8,11,14-15,17H,6,9-10H2,1-2H3/t14-,15+/m1/s1. The molecule has 1 aliphatic rings. The zero-order chi connectivity index (χ0) is 15.5. The molecule has 0 spiro atoms. The van der Waals surface area contributed by atoms with Crippen molar-refractivity contribution in [2.75, 3.05) is 0 Å². The monoisotopic (exact) mass is 307 g/mol. The van der Waals surface area contributed by atoms with Gasteiger partial charge in [0.2, 0.25) is 10.0 Å². The van der Waals surface area contributed by atoms with Gasteiger partial charge in [0.05, 0.1) is 4.90 Å². The van der Waals surface area contributed by atoms with Crippen LogP contribution in [0.5, 0.6) is 0 Å². The summed E-state index contributed by atoms with van der Waals surface area (Å²) in [7, 11) is -3.56. The summed E-state index contributed by atoms with van der Waals surface area (Å²) in [5.74, 6) is -0.230. The Morgan fingerprint density at radius 2 is 1.86 bits per heavy atom. The molecule has 21 heavy (non-hydrogen) atoms. The molecule has 0 bridgehead atoms. The van der Waals surface area contributed by atoms with Gasteiger partial charge in [0.15, 0.2) is 5.78 Å². The predicted octanol–water partition coefficient (Wildman–Crippen LogP) is 2.67. The zero-order valence-corrected chi connectivity index (χ0v) is 13.2. The van der Waals surface area contributed by atoms with E-state index in [0.717, 1.165) is 18.4 Å². The number of hydrogen-bond donors (Lipinski definition) is 1. The number of rotatable bonds is 5. The molecule has 1 aromatic rings. The topological polar surface area (TPSA) is 63.2 Å². The third kappa shape index (κ3) is 4.02. The minimum atomic E-state index is -3.56. The molecule has 0 aromatic heterocycles. The van der Waals surface area contributed by atoms with Gasteiger partial charge in [-0.25, -0.2) is 13.1 Å². The van der Waals surface area contributed by atoms with E-state index in [2.05, 4.69) is 4.72 Å². The lowest BCUT2D eigenvalue weighted by Crippen LogP contribution is -2.39. The molecule has 114 valence electrons. The van der Waals surface area contributed by atoms with Gasteiger partial charge in [-0.2, -0.15) is 0 Å². The highest BCUT2D eigenvalue weighted by atomic mass is 32.2. The van der Waals surface area contributed by atoms with Gasteiger partial charge in [-0.3, -0.25) is 4.79 Å². The highest BCUT2D eigenvalue weighted by molar-refractivity contribution is 7.89. The third-order valence-electron chi connectivity index (χ3n) is 3.67. The number of sulfonamides is 1. The molecule has 5 heteroatoms. The quantitative estimate of drug-likeness (QED) is 0.851. The first-order valence-electron chi connectivity index (χ1n) is 7.16. The minimum absolute atomic E-state index is 0.0215. The van der Waals surface area contributed by atoms with E-state index >= 15 is 0 Å². The molecule has 0 amide bonds. The number of benzene rings is 1. The van der Waals surface area contributed by atoms with Gasteiger partial charge >= 0.3 is 0 Å². The van der Waals surface area contributed by atoms with E-state index in [0.29, 0.717) is 6.42 Å². The summed E-state index contributed by atoms with van der Waals surface area (Å²) in [6.07, 6.45) is 3.93. The number of ketones is 1. The van der Waals surface area contributed by atoms with Crippen LogP contribution in [0.15, 0.2) is 46.9 Å². The Morgan fingerprint density at radius 3 is 2.48 bits per heavy atom. The van der Waals surface area contributed by atoms with Gasteiger partial charge in [-0.15, -0.1) is 0 Å². The van der Waals surface area contributed by atoms with Crippen molar-refractivity contribution in [2.24, 2.45) is 5.92 Å². The van der Waals surface area contributed by atoms with Crippen molar-refractivity contribution >= 4 is 15.8 Å². The fraction of sp³-hybridized carbons (Fsp3) is 0.438. The summed E-state index contributed by atoms with van der Waals surface area (Å²) in [5, 5.41) is 0. The average molecular weight is 307 g/mol. The first kappa shape index (κ1) is 15.9. The molecule has 1 saturated carbocycles. The van der Waals surface area contributed by atoms with E-state index in [4.69, 9.17) is 0 Å². The SMILES string of the molecule is CC(C)=CC(=O)[C@@H]1CCC[C@@H]1NS(=O)(=O)c1ccccc1. The molecular weight excluding hydrogens is 286 g/mol. The van der Waals surface area contributed by atoms with Crippen molar-refractivity contribution in [3.05, 3.63) is 42.0 Å². The van der Waals surface area contributed by atoms with Crippen LogP contribution < -0.4 is 4.72 Å². The second-order valence-electron chi connectivity index (χ2n) is 5.70. The van der Waals surface area contributed by atoms with Crippen LogP contribution in [0.1, 0.15) is 33.1 Å². The fourth-order valence-corrected chi connectivity index (χ4v) is 4.03. The Morgan fingerprint density at radius 1 is 1.19 bits per heavy atom. The second-order valence-corrected chi connectivity index (χ2v) is 7.42. The summed E-state index contributed by atoms with van der Waals surface area (Å²) < 4.78 is 27.4. The maximum atomic E-state index is 12.3. The molecule has 1 aliphatic carbocycles. The Bertz CT molecular complexity index is 631. The number of carbonyl (C=O) groups excluding carboxylic acids is 1. The first-order chi connectivity index (χ1) is 9.90. The number of allylic oxidation sites excluding steroid dienone is 2. The lowest BCUT2D eigenvalue weighted by molar-refractivity contribution is -0.118. The van der Waals surface area contributed by atoms with Crippen LogP contribution in [0.3, 0.4) is 0 Å². The van der Waals surface area contributed by atoms with Gasteiger partial charge in [0.25, 0.3) is 0 Å². The fourth-order valence-electron chi connectivity index (χ4n) is 2.70. The van der Waals surface area contributed by atoms with E-state index in [1.165, 1.54) is 0 Å². The van der Waals surface area contributed by atoms with Gasteiger partial charge < -0.3 is 0 Å². The highest BCUT2D eigenvalue weighted by Crippen LogP contribution is 2.28. The zero-order valence-electron chi connectivity index (χ0n) is 12.4. The summed E-state index contributed by atoms with van der Waals surface area (Å²) >= 11 is 0. The Kier molecular flexibility index (Phi) is 4.96. The molecule has 0 saturated heterocycles. The highest BCUT2D eigenvalue weighted by Gasteiger charge is 2.34. The van der Waals surface area contributed by atoms with Crippen molar-refractivity contribution < 1.29 is 13.2 Å². The van der Waals surface area contributed by atoms with Crippen molar-refractivity contribution in [2.45, 2.75) is 44.0 Å². The van der Waals surface area contributed by atoms with Gasteiger partial charge in [-0.05, 0) is 44.9 Å². The van der Waals surface area contributed by atoms with E-state index in [1.807, 2.05) is 13.8 Å². The maximum Gasteiger partial charge on any atom is 0.240 e. The Labute approximate surface area is 126 Å². The van der Waals surface area contributed by atoms with Crippen LogP contribution in [0, 0.1) is 5.92 Å². The molecule has 1 aromatic carbocycles. The molecule has 0 heterocycles. The van der Waals surface area contributed by atoms with Crippen LogP contribution >= 0.6 is 0 Å². The number of carbonyl (C=O) groups is 1. The summed E-state index contributed by atoms with van der Waals surface area (Å²) in [6, 6.07) is 7.96. The van der Waals surface area contributed by atoms with Crippen molar-refractivity contribution in [3.8, 4) is 0 Å². The molecule has 0 aliphatic heterocycles. The second kappa shape index (κ2) is 6.54. The molecule has 1 fully saturated rings. The molecule has 2 atom stereocenters. The van der Waals surface area contributed by atoms with Gasteiger partial charge in [0.1, 0.15) is 0 Å². The van der Waals surface area contributed by atoms with Crippen molar-refractivity contribution in [1.82, 2.24) is 4.72 Å². The first-order valence-corrected chi connectivity index (χ1v) is 8.64. The summed E-state index contributed by atoms with van der Waals surface area (Å²) in [6.45, 7) is 3.74. The smallest absolute Gasteiger partial charge is 0.240 e. The Hall–Kier alpha value is -1.46. The van der Waals surface area contributed by atoms with Crippen LogP contribution in [-0.2, 0) is 14.8 Å². The van der Waals surface area contributed by atoms with Crippen molar-refractivity contribution in [3.63, 3.8) is 0 Å². The number of nitrogens with one attached hydrogen (secondary N) is 1. The average Bonchev–Trinajstić information content (AvgIpc) is 2.86. The Balaban J connectivity index is 2.15. The molecule has 2 rings (SSSR count). The van der Waals surface area contributed by atoms with E-state index in [-0.39, 0.29) is 22.6 Å². The molecule has 4 nitrogen and oxygen atoms in total. The lowest BCUT2D eigenvalue weighted by Gasteiger charge is -2.19. The van der Waals surface area contributed by atoms with Crippen LogP contribution in [0.25, 0.3) is 0 Å². The van der Waals surface area contributed by atoms with E-state index in [1.54, 1.807) is 36.4 Å². The van der Waals surface area contributed by atoms with Crippen molar-refractivity contribution in [1.29, 1.82) is 0 Å². The van der Waals surface area contributed by atoms with Gasteiger partial charge in [-0.1, -0.05) is 30.2 Å². The third-order valence-corrected chi connectivity index (χ3v) is 5.18. The van der Waals surface area contributed by atoms with Crippen LogP contribution in [0.2, 0.25) is 0 Å². The van der Waals surface area contributed by atoms with E-state index in [9.17, 15) is 13.2 Å². The number of hydrogen-bond acceptors (Lipinski definition) is 3. The normalized spacial score (nSPS) is 22.0. The largest absolute Gasteiger partial charge is 0.294 e. The van der Waals surface area contributed by atoms with E-state index < -0.39 is 10.0 Å². The molecule has 1 N–H and O–H groups in total. The summed E-state index contributed by atoms with van der Waals surface area (Å²) in [4.78, 5) is 12.4. The molecule has 0 unspecified atom stereocenters. The van der Waals surface area contributed by atoms with Crippen LogP contribution in [-0.4, -0.2) is 20.2 Å². The summed E-state index contributed by atoms with van der Waals surface area (Å²) in [5.41, 5.74) is 0.941.